The fraction of sp³-hybridized carbons (Fsp3) is 0.179. The number of amides is 1. The highest BCUT2D eigenvalue weighted by Crippen LogP contribution is 2.27. The van der Waals surface area contributed by atoms with Gasteiger partial charge in [-0.3, -0.25) is 9.59 Å². The summed E-state index contributed by atoms with van der Waals surface area (Å²) in [5.74, 6) is -1.58. The Morgan fingerprint density at radius 3 is 2.34 bits per heavy atom. The zero-order valence-corrected chi connectivity index (χ0v) is 19.4. The second-order valence-corrected chi connectivity index (χ2v) is 8.13. The summed E-state index contributed by atoms with van der Waals surface area (Å²) in [6, 6.07) is 22.7. The van der Waals surface area contributed by atoms with Gasteiger partial charge in [-0.15, -0.1) is 0 Å². The molecule has 1 amide bonds. The van der Waals surface area contributed by atoms with Crippen LogP contribution in [-0.2, 0) is 20.9 Å². The number of ketones is 1. The van der Waals surface area contributed by atoms with Crippen LogP contribution in [0.15, 0.2) is 83.3 Å². The summed E-state index contributed by atoms with van der Waals surface area (Å²) in [6.45, 7) is 3.41. The van der Waals surface area contributed by atoms with E-state index in [2.05, 4.69) is 5.32 Å². The van der Waals surface area contributed by atoms with Crippen molar-refractivity contribution < 1.29 is 28.3 Å². The molecule has 35 heavy (non-hydrogen) atoms. The van der Waals surface area contributed by atoms with Gasteiger partial charge in [-0.1, -0.05) is 60.7 Å². The van der Waals surface area contributed by atoms with E-state index in [1.807, 2.05) is 32.0 Å². The number of hydrogen-bond acceptors (Lipinski definition) is 6. The molecule has 0 radical (unpaired) electrons. The molecular weight excluding hydrogens is 446 g/mol. The molecule has 0 bridgehead atoms. The van der Waals surface area contributed by atoms with Crippen LogP contribution in [0, 0.1) is 0 Å². The summed E-state index contributed by atoms with van der Waals surface area (Å²) in [5.41, 5.74) is 2.26. The normalized spacial score (nSPS) is 10.9. The quantitative estimate of drug-likeness (QED) is 0.260. The number of carbonyl (C=O) groups is 3. The number of rotatable bonds is 9. The number of ether oxygens (including phenoxy) is 2. The monoisotopic (exact) mass is 471 g/mol. The molecule has 4 rings (SSSR count). The predicted octanol–water partition coefficient (Wildman–Crippen LogP) is 5.38. The van der Waals surface area contributed by atoms with Gasteiger partial charge in [-0.25, -0.2) is 4.79 Å². The highest BCUT2D eigenvalue weighted by atomic mass is 16.5. The Balaban J connectivity index is 1.46. The van der Waals surface area contributed by atoms with Crippen molar-refractivity contribution in [3.63, 3.8) is 0 Å². The lowest BCUT2D eigenvalue weighted by atomic mass is 10.0. The van der Waals surface area contributed by atoms with Gasteiger partial charge in [-0.05, 0) is 32.0 Å². The van der Waals surface area contributed by atoms with Crippen LogP contribution in [0.1, 0.15) is 45.9 Å². The van der Waals surface area contributed by atoms with E-state index in [9.17, 15) is 14.4 Å². The van der Waals surface area contributed by atoms with E-state index in [1.54, 1.807) is 60.7 Å². The number of fused-ring (bicyclic) bond motifs is 1. The van der Waals surface area contributed by atoms with Gasteiger partial charge in [0.2, 0.25) is 5.76 Å². The van der Waals surface area contributed by atoms with E-state index in [-0.39, 0.29) is 24.3 Å². The third-order valence-electron chi connectivity index (χ3n) is 5.26. The number of benzene rings is 3. The molecule has 0 spiro atoms. The van der Waals surface area contributed by atoms with Gasteiger partial charge in [0.25, 0.3) is 5.91 Å². The first-order valence-corrected chi connectivity index (χ1v) is 11.2. The molecule has 0 atom stereocenters. The van der Waals surface area contributed by atoms with Crippen molar-refractivity contribution in [2.24, 2.45) is 0 Å². The van der Waals surface area contributed by atoms with E-state index in [0.29, 0.717) is 28.0 Å². The Morgan fingerprint density at radius 2 is 1.57 bits per heavy atom. The van der Waals surface area contributed by atoms with Gasteiger partial charge in [0.15, 0.2) is 12.4 Å². The zero-order valence-electron chi connectivity index (χ0n) is 19.4. The van der Waals surface area contributed by atoms with Crippen molar-refractivity contribution in [1.29, 1.82) is 0 Å². The Bertz CT molecular complexity index is 1360. The molecule has 3 aromatic carbocycles. The van der Waals surface area contributed by atoms with E-state index < -0.39 is 18.5 Å². The minimum atomic E-state index is -0.771. The third-order valence-corrected chi connectivity index (χ3v) is 5.26. The molecule has 1 heterocycles. The molecule has 0 fully saturated rings. The minimum Gasteiger partial charge on any atom is -0.450 e. The number of hydrogen-bond donors (Lipinski definition) is 1. The zero-order chi connectivity index (χ0) is 24.8. The first-order valence-electron chi connectivity index (χ1n) is 11.2. The Morgan fingerprint density at radius 1 is 0.886 bits per heavy atom. The molecule has 0 aliphatic rings. The fourth-order valence-electron chi connectivity index (χ4n) is 3.58. The number of furan rings is 1. The first-order chi connectivity index (χ1) is 16.9. The average Bonchev–Trinajstić information content (AvgIpc) is 3.25. The van der Waals surface area contributed by atoms with Crippen molar-refractivity contribution in [1.82, 2.24) is 0 Å². The van der Waals surface area contributed by atoms with Crippen molar-refractivity contribution in [2.75, 3.05) is 11.9 Å². The average molecular weight is 472 g/mol. The summed E-state index contributed by atoms with van der Waals surface area (Å²) in [5, 5.41) is 3.41. The van der Waals surface area contributed by atoms with E-state index >= 15 is 0 Å². The highest BCUT2D eigenvalue weighted by molar-refractivity contribution is 6.14. The standard InChI is InChI=1S/C28H25NO6/c1-18(2)33-16-22-20-12-7-9-15-24(20)35-27(22)28(32)34-17-25(30)29-23-14-8-6-13-21(23)26(31)19-10-4-3-5-11-19/h3-15,18H,16-17H2,1-2H3,(H,29,30). The van der Waals surface area contributed by atoms with Crippen molar-refractivity contribution in [2.45, 2.75) is 26.6 Å². The maximum atomic E-state index is 12.9. The number of esters is 1. The molecule has 7 heteroatoms. The third kappa shape index (κ3) is 5.65. The van der Waals surface area contributed by atoms with E-state index in [0.717, 1.165) is 5.39 Å². The molecule has 0 saturated heterocycles. The van der Waals surface area contributed by atoms with Gasteiger partial charge in [0.1, 0.15) is 5.58 Å². The van der Waals surface area contributed by atoms with Crippen LogP contribution in [-0.4, -0.2) is 30.4 Å². The van der Waals surface area contributed by atoms with Crippen LogP contribution < -0.4 is 5.32 Å². The summed E-state index contributed by atoms with van der Waals surface area (Å²) >= 11 is 0. The molecule has 1 aromatic heterocycles. The molecule has 0 unspecified atom stereocenters. The van der Waals surface area contributed by atoms with E-state index in [1.165, 1.54) is 0 Å². The largest absolute Gasteiger partial charge is 0.450 e. The number of nitrogens with one attached hydrogen (secondary N) is 1. The van der Waals surface area contributed by atoms with E-state index in [4.69, 9.17) is 13.9 Å². The topological polar surface area (TPSA) is 94.8 Å². The maximum Gasteiger partial charge on any atom is 0.375 e. The van der Waals surface area contributed by atoms with Gasteiger partial charge in [0, 0.05) is 22.1 Å². The summed E-state index contributed by atoms with van der Waals surface area (Å²) in [6.07, 6.45) is -0.0445. The molecule has 7 nitrogen and oxygen atoms in total. The van der Waals surface area contributed by atoms with Crippen molar-refractivity contribution in [3.05, 3.63) is 101 Å². The lowest BCUT2D eigenvalue weighted by Crippen LogP contribution is -2.22. The van der Waals surface area contributed by atoms with Crippen LogP contribution in [0.5, 0.6) is 0 Å². The van der Waals surface area contributed by atoms with Crippen LogP contribution in [0.3, 0.4) is 0 Å². The Labute approximate surface area is 202 Å². The number of para-hydroxylation sites is 2. The lowest BCUT2D eigenvalue weighted by molar-refractivity contribution is -0.119. The summed E-state index contributed by atoms with van der Waals surface area (Å²) in [4.78, 5) is 38.2. The second-order valence-electron chi connectivity index (χ2n) is 8.13. The summed E-state index contributed by atoms with van der Waals surface area (Å²) < 4.78 is 16.6. The van der Waals surface area contributed by atoms with Crippen LogP contribution in [0.25, 0.3) is 11.0 Å². The minimum absolute atomic E-state index is 0.000643. The highest BCUT2D eigenvalue weighted by Gasteiger charge is 2.23. The predicted molar refractivity (Wildman–Crippen MR) is 131 cm³/mol. The molecule has 1 N–H and O–H groups in total. The van der Waals surface area contributed by atoms with Crippen LogP contribution >= 0.6 is 0 Å². The summed E-state index contributed by atoms with van der Waals surface area (Å²) in [7, 11) is 0. The molecule has 4 aromatic rings. The second kappa shape index (κ2) is 10.8. The van der Waals surface area contributed by atoms with Crippen LogP contribution in [0.4, 0.5) is 5.69 Å². The van der Waals surface area contributed by atoms with Gasteiger partial charge >= 0.3 is 5.97 Å². The Hall–Kier alpha value is -4.23. The number of carbonyl (C=O) groups excluding carboxylic acids is 3. The number of anilines is 1. The Kier molecular flexibility index (Phi) is 7.38. The molecule has 0 aliphatic heterocycles. The first kappa shape index (κ1) is 23.9. The smallest absolute Gasteiger partial charge is 0.375 e. The van der Waals surface area contributed by atoms with Crippen molar-refractivity contribution >= 4 is 34.3 Å². The fourth-order valence-corrected chi connectivity index (χ4v) is 3.58. The lowest BCUT2D eigenvalue weighted by Gasteiger charge is -2.11. The molecule has 0 saturated carbocycles. The van der Waals surface area contributed by atoms with Crippen LogP contribution in [0.2, 0.25) is 0 Å². The molecule has 0 aliphatic carbocycles. The SMILES string of the molecule is CC(C)OCc1c(C(=O)OCC(=O)Nc2ccccc2C(=O)c2ccccc2)oc2ccccc12. The van der Waals surface area contributed by atoms with Crippen molar-refractivity contribution in [3.8, 4) is 0 Å². The molecular formula is C28H25NO6. The van der Waals surface area contributed by atoms with Gasteiger partial charge < -0.3 is 19.2 Å². The molecule has 178 valence electrons. The van der Waals surface area contributed by atoms with Gasteiger partial charge in [-0.2, -0.15) is 0 Å². The van der Waals surface area contributed by atoms with Gasteiger partial charge in [0.05, 0.1) is 18.4 Å². The maximum absolute atomic E-state index is 12.9.